The van der Waals surface area contributed by atoms with Gasteiger partial charge < -0.3 is 33.8 Å². The number of aliphatic carboxylic acids is 1. The lowest BCUT2D eigenvalue weighted by Gasteiger charge is -2.33. The van der Waals surface area contributed by atoms with Gasteiger partial charge in [0.25, 0.3) is 5.91 Å². The van der Waals surface area contributed by atoms with Crippen LogP contribution < -0.4 is 9.64 Å². The van der Waals surface area contributed by atoms with Crippen LogP contribution in [0.5, 0.6) is 5.75 Å². The highest BCUT2D eigenvalue weighted by atomic mass is 16.5. The van der Waals surface area contributed by atoms with E-state index in [2.05, 4.69) is 72.4 Å². The molecule has 7 rings (SSSR count). The van der Waals surface area contributed by atoms with E-state index < -0.39 is 5.97 Å². The zero-order valence-electron chi connectivity index (χ0n) is 30.9. The molecular formula is C40H49N9O5. The summed E-state index contributed by atoms with van der Waals surface area (Å²) in [6, 6.07) is 24.2. The molecule has 5 aromatic rings. The molecule has 0 aliphatic carbocycles. The molecule has 2 aliphatic rings. The van der Waals surface area contributed by atoms with Gasteiger partial charge in [-0.3, -0.25) is 9.59 Å². The van der Waals surface area contributed by atoms with Crippen LogP contribution in [0.4, 0.5) is 5.95 Å². The first kappa shape index (κ1) is 37.0. The predicted octanol–water partition coefficient (Wildman–Crippen LogP) is 4.68. The zero-order chi connectivity index (χ0) is 37.3. The number of fused-ring (bicyclic) bond motifs is 1. The van der Waals surface area contributed by atoms with E-state index >= 15 is 0 Å². The number of carboxylic acids is 1. The molecule has 2 aromatic heterocycles. The average Bonchev–Trinajstić information content (AvgIpc) is 3.94. The van der Waals surface area contributed by atoms with E-state index in [-0.39, 0.29) is 24.3 Å². The Hall–Kier alpha value is -5.34. The second-order valence-electron chi connectivity index (χ2n) is 14.1. The molecule has 3 aromatic carbocycles. The molecule has 1 atom stereocenters. The molecule has 1 unspecified atom stereocenters. The largest absolute Gasteiger partial charge is 0.493 e. The summed E-state index contributed by atoms with van der Waals surface area (Å²) < 4.78 is 15.6. The number of imidazole rings is 1. The number of carbonyl (C=O) groups is 2. The molecular weight excluding hydrogens is 686 g/mol. The Morgan fingerprint density at radius 1 is 0.926 bits per heavy atom. The minimum atomic E-state index is -0.884. The number of nitrogens with zero attached hydrogens (tertiary/aromatic N) is 9. The zero-order valence-corrected chi connectivity index (χ0v) is 30.9. The van der Waals surface area contributed by atoms with Gasteiger partial charge in [0.05, 0.1) is 35.5 Å². The molecule has 2 aliphatic heterocycles. The Balaban J connectivity index is 1.06. The van der Waals surface area contributed by atoms with Gasteiger partial charge in [0.1, 0.15) is 12.1 Å². The average molecular weight is 736 g/mol. The molecule has 1 amide bonds. The van der Waals surface area contributed by atoms with Crippen LogP contribution in [0.2, 0.25) is 0 Å². The minimum absolute atomic E-state index is 0.0112. The summed E-state index contributed by atoms with van der Waals surface area (Å²) in [7, 11) is 0. The first-order valence-electron chi connectivity index (χ1n) is 19.0. The van der Waals surface area contributed by atoms with Crippen molar-refractivity contribution in [3.8, 4) is 11.4 Å². The van der Waals surface area contributed by atoms with Crippen molar-refractivity contribution >= 4 is 28.9 Å². The summed E-state index contributed by atoms with van der Waals surface area (Å²) >= 11 is 0. The van der Waals surface area contributed by atoms with Gasteiger partial charge >= 0.3 is 5.97 Å². The van der Waals surface area contributed by atoms with Crippen molar-refractivity contribution in [2.24, 2.45) is 0 Å². The third-order valence-corrected chi connectivity index (χ3v) is 10.7. The van der Waals surface area contributed by atoms with Gasteiger partial charge in [0.15, 0.2) is 0 Å². The maximum Gasteiger partial charge on any atom is 0.303 e. The van der Waals surface area contributed by atoms with E-state index in [1.54, 1.807) is 18.2 Å². The molecule has 54 heavy (non-hydrogen) atoms. The maximum absolute atomic E-state index is 14.4. The molecule has 0 bridgehead atoms. The first-order chi connectivity index (χ1) is 26.4. The number of tetrazole rings is 1. The quantitative estimate of drug-likeness (QED) is 0.141. The highest BCUT2D eigenvalue weighted by molar-refractivity contribution is 5.98. The smallest absolute Gasteiger partial charge is 0.303 e. The third kappa shape index (κ3) is 8.39. The van der Waals surface area contributed by atoms with Gasteiger partial charge in [-0.1, -0.05) is 42.5 Å². The molecule has 2 saturated heterocycles. The lowest BCUT2D eigenvalue weighted by molar-refractivity contribution is -0.137. The van der Waals surface area contributed by atoms with E-state index in [1.807, 2.05) is 24.0 Å². The van der Waals surface area contributed by atoms with E-state index in [4.69, 9.17) is 19.6 Å². The SMILES string of the molecule is CCOCCn1c(N2CCCN(CCC3(c4ccccc4)CCN(C(=O)c4cc(-n5cnnn5)ccc4OCCCC(=O)O)C3)CC2)nc2ccccc21. The number of amides is 1. The van der Waals surface area contributed by atoms with Crippen LogP contribution in [0.3, 0.4) is 0 Å². The number of ether oxygens (including phenoxy) is 2. The number of hydrogen-bond donors (Lipinski definition) is 1. The fourth-order valence-electron chi connectivity index (χ4n) is 7.82. The van der Waals surface area contributed by atoms with Crippen molar-refractivity contribution in [1.82, 2.24) is 39.6 Å². The number of aromatic nitrogens is 6. The molecule has 1 N–H and O–H groups in total. The highest BCUT2D eigenvalue weighted by Gasteiger charge is 2.42. The number of carboxylic acid groups (broad SMARTS) is 1. The van der Waals surface area contributed by atoms with E-state index in [1.165, 1.54) is 16.6 Å². The molecule has 0 radical (unpaired) electrons. The lowest BCUT2D eigenvalue weighted by Crippen LogP contribution is -2.39. The van der Waals surface area contributed by atoms with Crippen molar-refractivity contribution in [2.75, 3.05) is 70.5 Å². The maximum atomic E-state index is 14.4. The first-order valence-corrected chi connectivity index (χ1v) is 19.0. The Morgan fingerprint density at radius 3 is 2.59 bits per heavy atom. The van der Waals surface area contributed by atoms with Crippen molar-refractivity contribution in [3.63, 3.8) is 0 Å². The molecule has 284 valence electrons. The number of anilines is 1. The fraction of sp³-hybridized carbons (Fsp3) is 0.450. The van der Waals surface area contributed by atoms with E-state index in [0.717, 1.165) is 75.5 Å². The van der Waals surface area contributed by atoms with Crippen molar-refractivity contribution in [1.29, 1.82) is 0 Å². The van der Waals surface area contributed by atoms with Gasteiger partial charge in [0.2, 0.25) is 5.95 Å². The summed E-state index contributed by atoms with van der Waals surface area (Å²) in [6.45, 7) is 10.1. The number of para-hydroxylation sites is 2. The van der Waals surface area contributed by atoms with Crippen LogP contribution in [0, 0.1) is 0 Å². The normalized spacial score (nSPS) is 17.9. The van der Waals surface area contributed by atoms with Crippen LogP contribution in [0.1, 0.15) is 54.9 Å². The standard InChI is InChI=1S/C40H49N9O5/c1-2-53-27-25-48-35-13-7-6-12-34(35)42-39(48)46-20-9-19-45(23-24-46)21-17-40(31-10-4-3-5-11-31)18-22-47(29-40)38(52)33-28-32(49-30-41-43-44-49)15-16-36(33)54-26-8-14-37(50)51/h3-7,10-13,15-16,28,30H,2,8-9,14,17-27,29H2,1H3,(H,50,51). The monoisotopic (exact) mass is 735 g/mol. The predicted molar refractivity (Wildman–Crippen MR) is 204 cm³/mol. The van der Waals surface area contributed by atoms with Gasteiger partial charge in [-0.2, -0.15) is 0 Å². The number of carbonyl (C=O) groups excluding carboxylic acids is 1. The second kappa shape index (κ2) is 17.2. The summed E-state index contributed by atoms with van der Waals surface area (Å²) in [5.74, 6) is 0.413. The van der Waals surface area contributed by atoms with Gasteiger partial charge in [-0.15, -0.1) is 5.10 Å². The van der Waals surface area contributed by atoms with Crippen LogP contribution in [-0.4, -0.2) is 122 Å². The molecule has 14 nitrogen and oxygen atoms in total. The lowest BCUT2D eigenvalue weighted by atomic mass is 9.76. The van der Waals surface area contributed by atoms with Gasteiger partial charge in [-0.25, -0.2) is 9.67 Å². The Labute approximate surface area is 315 Å². The number of hydrogen-bond acceptors (Lipinski definition) is 10. The second-order valence-corrected chi connectivity index (χ2v) is 14.1. The Morgan fingerprint density at radius 2 is 1.78 bits per heavy atom. The Kier molecular flexibility index (Phi) is 11.8. The fourth-order valence-corrected chi connectivity index (χ4v) is 7.82. The third-order valence-electron chi connectivity index (χ3n) is 10.7. The summed E-state index contributed by atoms with van der Waals surface area (Å²) in [5, 5.41) is 20.6. The van der Waals surface area contributed by atoms with Gasteiger partial charge in [-0.05, 0) is 92.0 Å². The molecule has 0 saturated carbocycles. The molecule has 0 spiro atoms. The van der Waals surface area contributed by atoms with Crippen molar-refractivity contribution < 1.29 is 24.2 Å². The number of likely N-dealkylation sites (tertiary alicyclic amines) is 1. The highest BCUT2D eigenvalue weighted by Crippen LogP contribution is 2.39. The summed E-state index contributed by atoms with van der Waals surface area (Å²) in [5.41, 5.74) is 4.21. The van der Waals surface area contributed by atoms with Crippen molar-refractivity contribution in [2.45, 2.75) is 51.0 Å². The topological polar surface area (TPSA) is 144 Å². The van der Waals surface area contributed by atoms with Crippen LogP contribution >= 0.6 is 0 Å². The summed E-state index contributed by atoms with van der Waals surface area (Å²) in [6.07, 6.45) is 4.59. The number of rotatable bonds is 16. The molecule has 4 heterocycles. The van der Waals surface area contributed by atoms with Crippen LogP contribution in [0.15, 0.2) is 79.1 Å². The Bertz CT molecular complexity index is 2000. The van der Waals surface area contributed by atoms with E-state index in [9.17, 15) is 9.59 Å². The minimum Gasteiger partial charge on any atom is -0.493 e. The number of benzene rings is 3. The van der Waals surface area contributed by atoms with Crippen molar-refractivity contribution in [3.05, 3.63) is 90.3 Å². The van der Waals surface area contributed by atoms with E-state index in [0.29, 0.717) is 49.7 Å². The van der Waals surface area contributed by atoms with Crippen LogP contribution in [-0.2, 0) is 21.5 Å². The summed E-state index contributed by atoms with van der Waals surface area (Å²) in [4.78, 5) is 37.5. The molecule has 14 heteroatoms. The molecule has 2 fully saturated rings. The van der Waals surface area contributed by atoms with Crippen LogP contribution in [0.25, 0.3) is 16.7 Å². The van der Waals surface area contributed by atoms with Gasteiger partial charge in [0, 0.05) is 57.7 Å².